The van der Waals surface area contributed by atoms with Crippen LogP contribution >= 0.6 is 23.4 Å². The van der Waals surface area contributed by atoms with E-state index in [1.165, 1.54) is 0 Å². The Labute approximate surface area is 167 Å². The van der Waals surface area contributed by atoms with Crippen LogP contribution in [-0.4, -0.2) is 28.9 Å². The van der Waals surface area contributed by atoms with Gasteiger partial charge in [0.05, 0.1) is 32.7 Å². The summed E-state index contributed by atoms with van der Waals surface area (Å²) in [7, 11) is 3.27. The van der Waals surface area contributed by atoms with Crippen LogP contribution in [0.5, 0.6) is 11.5 Å². The third-order valence-corrected chi connectivity index (χ3v) is 5.41. The monoisotopic (exact) mass is 404 g/mol. The summed E-state index contributed by atoms with van der Waals surface area (Å²) in [5, 5.41) is 11.2. The van der Waals surface area contributed by atoms with Gasteiger partial charge in [-0.15, -0.1) is 0 Å². The van der Waals surface area contributed by atoms with Gasteiger partial charge in [0.15, 0.2) is 5.16 Å². The number of halogens is 1. The Kier molecular flexibility index (Phi) is 6.66. The minimum Gasteiger partial charge on any atom is -0.497 e. The highest BCUT2D eigenvalue weighted by atomic mass is 35.5. The molecular weight excluding hydrogens is 384 g/mol. The minimum absolute atomic E-state index is 0.0614. The lowest BCUT2D eigenvalue weighted by Gasteiger charge is -2.12. The van der Waals surface area contributed by atoms with Gasteiger partial charge in [0, 0.05) is 23.4 Å². The van der Waals surface area contributed by atoms with Crippen LogP contribution in [0.15, 0.2) is 53.8 Å². The fourth-order valence-corrected chi connectivity index (χ4v) is 3.73. The highest BCUT2D eigenvalue weighted by Gasteiger charge is 2.12. The third kappa shape index (κ3) is 4.97. The zero-order valence-corrected chi connectivity index (χ0v) is 16.8. The minimum atomic E-state index is -0.0614. The molecule has 3 aromatic rings. The predicted molar refractivity (Wildman–Crippen MR) is 108 cm³/mol. The topological polar surface area (TPSA) is 56.5 Å². The summed E-state index contributed by atoms with van der Waals surface area (Å²) in [5.41, 5.74) is 2.94. The van der Waals surface area contributed by atoms with Crippen LogP contribution in [0, 0.1) is 0 Å². The molecule has 0 amide bonds. The van der Waals surface area contributed by atoms with E-state index in [-0.39, 0.29) is 6.61 Å². The number of imidazole rings is 1. The van der Waals surface area contributed by atoms with Crippen molar-refractivity contribution in [2.75, 3.05) is 14.2 Å². The van der Waals surface area contributed by atoms with Gasteiger partial charge in [0.2, 0.25) is 0 Å². The Morgan fingerprint density at radius 2 is 1.70 bits per heavy atom. The van der Waals surface area contributed by atoms with E-state index in [1.54, 1.807) is 32.2 Å². The molecule has 1 aromatic heterocycles. The smallest absolute Gasteiger partial charge is 0.168 e. The molecule has 0 aliphatic heterocycles. The summed E-state index contributed by atoms with van der Waals surface area (Å²) in [4.78, 5) is 4.48. The molecule has 142 valence electrons. The van der Waals surface area contributed by atoms with Crippen molar-refractivity contribution in [2.24, 2.45) is 0 Å². The molecule has 5 nitrogen and oxygen atoms in total. The van der Waals surface area contributed by atoms with Gasteiger partial charge in [-0.25, -0.2) is 4.98 Å². The van der Waals surface area contributed by atoms with Crippen LogP contribution in [0.4, 0.5) is 0 Å². The first-order chi connectivity index (χ1) is 13.1. The molecule has 2 aromatic carbocycles. The number of thioether (sulfide) groups is 1. The lowest BCUT2D eigenvalue weighted by molar-refractivity contribution is 0.270. The number of aliphatic hydroxyl groups is 1. The van der Waals surface area contributed by atoms with Crippen LogP contribution in [0.2, 0.25) is 5.02 Å². The maximum Gasteiger partial charge on any atom is 0.168 e. The number of rotatable bonds is 8. The van der Waals surface area contributed by atoms with Crippen LogP contribution in [0.1, 0.15) is 16.8 Å². The first kappa shape index (κ1) is 19.6. The van der Waals surface area contributed by atoms with Gasteiger partial charge in [-0.05, 0) is 35.4 Å². The van der Waals surface area contributed by atoms with E-state index in [1.807, 2.05) is 47.0 Å². The van der Waals surface area contributed by atoms with Gasteiger partial charge in [0.25, 0.3) is 0 Å². The lowest BCUT2D eigenvalue weighted by atomic mass is 10.2. The molecule has 1 heterocycles. The van der Waals surface area contributed by atoms with E-state index in [0.29, 0.717) is 17.3 Å². The Hall–Kier alpha value is -2.15. The fourth-order valence-electron chi connectivity index (χ4n) is 2.67. The van der Waals surface area contributed by atoms with Crippen molar-refractivity contribution < 1.29 is 14.6 Å². The molecule has 1 N–H and O–H groups in total. The normalized spacial score (nSPS) is 10.8. The van der Waals surface area contributed by atoms with Crippen LogP contribution < -0.4 is 9.47 Å². The average molecular weight is 405 g/mol. The zero-order valence-electron chi connectivity index (χ0n) is 15.2. The van der Waals surface area contributed by atoms with E-state index in [4.69, 9.17) is 21.1 Å². The molecule has 7 heteroatoms. The molecule has 0 saturated heterocycles. The van der Waals surface area contributed by atoms with Gasteiger partial charge in [0.1, 0.15) is 11.5 Å². The number of aliphatic hydroxyl groups excluding tert-OH is 1. The number of nitrogens with zero attached hydrogens (tertiary/aromatic N) is 2. The standard InChI is InChI=1S/C20H21ClN2O3S/c1-25-18-7-15(8-19(9-18)26-2)13-27-20-22-10-17(12-24)23(20)11-14-3-5-16(21)6-4-14/h3-10,24H,11-13H2,1-2H3. The van der Waals surface area contributed by atoms with Crippen molar-refractivity contribution in [3.63, 3.8) is 0 Å². The summed E-state index contributed by atoms with van der Waals surface area (Å²) in [6, 6.07) is 13.5. The second-order valence-electron chi connectivity index (χ2n) is 5.91. The molecule has 0 aliphatic carbocycles. The zero-order chi connectivity index (χ0) is 19.2. The Morgan fingerprint density at radius 3 is 2.30 bits per heavy atom. The van der Waals surface area contributed by atoms with Crippen molar-refractivity contribution in [3.05, 3.63) is 70.5 Å². The predicted octanol–water partition coefficient (Wildman–Crippen LogP) is 4.39. The number of aromatic nitrogens is 2. The van der Waals surface area contributed by atoms with Crippen LogP contribution in [0.25, 0.3) is 0 Å². The molecule has 0 saturated carbocycles. The number of hydrogen-bond acceptors (Lipinski definition) is 5. The molecule has 0 fully saturated rings. The van der Waals surface area contributed by atoms with E-state index in [0.717, 1.165) is 33.5 Å². The van der Waals surface area contributed by atoms with Crippen LogP contribution in [0.3, 0.4) is 0 Å². The lowest BCUT2D eigenvalue weighted by Crippen LogP contribution is -2.06. The van der Waals surface area contributed by atoms with Crippen molar-refractivity contribution in [3.8, 4) is 11.5 Å². The van der Waals surface area contributed by atoms with Gasteiger partial charge < -0.3 is 19.1 Å². The van der Waals surface area contributed by atoms with Crippen molar-refractivity contribution in [2.45, 2.75) is 24.1 Å². The van der Waals surface area contributed by atoms with E-state index < -0.39 is 0 Å². The van der Waals surface area contributed by atoms with Crippen molar-refractivity contribution in [1.82, 2.24) is 9.55 Å². The molecule has 3 rings (SSSR count). The summed E-state index contributed by atoms with van der Waals surface area (Å²) in [5.74, 6) is 2.21. The van der Waals surface area contributed by atoms with E-state index in [2.05, 4.69) is 4.98 Å². The Morgan fingerprint density at radius 1 is 1.04 bits per heavy atom. The quantitative estimate of drug-likeness (QED) is 0.564. The summed E-state index contributed by atoms with van der Waals surface area (Å²) in [6.07, 6.45) is 1.71. The largest absolute Gasteiger partial charge is 0.497 e. The molecule has 0 bridgehead atoms. The van der Waals surface area contributed by atoms with Gasteiger partial charge >= 0.3 is 0 Å². The summed E-state index contributed by atoms with van der Waals surface area (Å²) < 4.78 is 12.7. The van der Waals surface area contributed by atoms with Crippen molar-refractivity contribution >= 4 is 23.4 Å². The highest BCUT2D eigenvalue weighted by Crippen LogP contribution is 2.29. The van der Waals surface area contributed by atoms with Crippen LogP contribution in [-0.2, 0) is 18.9 Å². The summed E-state index contributed by atoms with van der Waals surface area (Å²) >= 11 is 7.57. The molecule has 27 heavy (non-hydrogen) atoms. The molecular formula is C20H21ClN2O3S. The molecule has 0 spiro atoms. The second-order valence-corrected chi connectivity index (χ2v) is 7.29. The molecule has 0 radical (unpaired) electrons. The third-order valence-electron chi connectivity index (χ3n) is 4.10. The second kappa shape index (κ2) is 9.17. The SMILES string of the molecule is COc1cc(CSc2ncc(CO)n2Cc2ccc(Cl)cc2)cc(OC)c1. The molecule has 0 aliphatic rings. The molecule has 0 unspecified atom stereocenters. The number of hydrogen-bond donors (Lipinski definition) is 1. The fraction of sp³-hybridized carbons (Fsp3) is 0.250. The number of methoxy groups -OCH3 is 2. The maximum absolute atomic E-state index is 9.65. The number of benzene rings is 2. The van der Waals surface area contributed by atoms with E-state index >= 15 is 0 Å². The van der Waals surface area contributed by atoms with Gasteiger partial charge in [-0.2, -0.15) is 0 Å². The first-order valence-electron chi connectivity index (χ1n) is 8.37. The Bertz CT molecular complexity index is 874. The first-order valence-corrected chi connectivity index (χ1v) is 9.73. The number of ether oxygens (including phenoxy) is 2. The molecule has 0 atom stereocenters. The van der Waals surface area contributed by atoms with Gasteiger partial charge in [-0.1, -0.05) is 35.5 Å². The average Bonchev–Trinajstić information content (AvgIpc) is 3.09. The Balaban J connectivity index is 1.79. The van der Waals surface area contributed by atoms with Crippen molar-refractivity contribution in [1.29, 1.82) is 0 Å². The summed E-state index contributed by atoms with van der Waals surface area (Å²) in [6.45, 7) is 0.560. The highest BCUT2D eigenvalue weighted by molar-refractivity contribution is 7.98. The van der Waals surface area contributed by atoms with E-state index in [9.17, 15) is 5.11 Å². The van der Waals surface area contributed by atoms with Gasteiger partial charge in [-0.3, -0.25) is 0 Å². The maximum atomic E-state index is 9.65.